The first-order valence-corrected chi connectivity index (χ1v) is 14.8. The maximum atomic E-state index is 14.5. The van der Waals surface area contributed by atoms with Crippen molar-refractivity contribution in [2.24, 2.45) is 0 Å². The average molecular weight is 594 g/mol. The van der Waals surface area contributed by atoms with Crippen molar-refractivity contribution in [2.45, 2.75) is 37.7 Å². The van der Waals surface area contributed by atoms with Crippen LogP contribution in [0.4, 0.5) is 9.18 Å². The molecule has 1 aliphatic heterocycles. The fourth-order valence-electron chi connectivity index (χ4n) is 4.97. The minimum atomic E-state index is -4.14. The van der Waals surface area contributed by atoms with Crippen molar-refractivity contribution in [1.82, 2.24) is 13.9 Å². The summed E-state index contributed by atoms with van der Waals surface area (Å²) in [4.78, 5) is 18.8. The van der Waals surface area contributed by atoms with Gasteiger partial charge in [-0.1, -0.05) is 24.3 Å². The SMILES string of the molecule is COc1ccc(F)cc1-c1c(OC)cnc2c1cc(C1=CCN(C(=O)OC(C)(C)C)CC1)n2S(=O)(=O)c1ccccc1. The molecule has 42 heavy (non-hydrogen) atoms. The molecule has 0 unspecified atom stereocenters. The zero-order chi connectivity index (χ0) is 30.2. The molecule has 0 saturated carbocycles. The molecule has 0 atom stereocenters. The molecule has 1 amide bonds. The Morgan fingerprint density at radius 1 is 1.00 bits per heavy atom. The van der Waals surface area contributed by atoms with Gasteiger partial charge in [-0.25, -0.2) is 26.6 Å². The predicted octanol–water partition coefficient (Wildman–Crippen LogP) is 6.12. The highest BCUT2D eigenvalue weighted by molar-refractivity contribution is 7.90. The summed E-state index contributed by atoms with van der Waals surface area (Å²) < 4.78 is 60.8. The Balaban J connectivity index is 1.75. The Bertz CT molecular complexity index is 1790. The van der Waals surface area contributed by atoms with Crippen LogP contribution in [-0.4, -0.2) is 61.3 Å². The van der Waals surface area contributed by atoms with Gasteiger partial charge >= 0.3 is 6.09 Å². The molecule has 11 heteroatoms. The highest BCUT2D eigenvalue weighted by atomic mass is 32.2. The van der Waals surface area contributed by atoms with Gasteiger partial charge in [0.2, 0.25) is 0 Å². The standard InChI is InChI=1S/C31H32FN3O6S/c1-31(2,3)41-30(36)34-15-13-20(14-16-34)25-18-24-28(23-17-21(32)11-12-26(23)39-4)27(40-5)19-33-29(24)35(25)42(37,38)22-9-7-6-8-10-22/h6-13,17-19H,14-16H2,1-5H3. The van der Waals surface area contributed by atoms with Crippen LogP contribution >= 0.6 is 0 Å². The number of benzene rings is 2. The van der Waals surface area contributed by atoms with Gasteiger partial charge in [-0.3, -0.25) is 0 Å². The number of amides is 1. The average Bonchev–Trinajstić information content (AvgIpc) is 3.37. The molecule has 1 aliphatic rings. The molecule has 5 rings (SSSR count). The number of carbonyl (C=O) groups excluding carboxylic acids is 1. The van der Waals surface area contributed by atoms with Crippen LogP contribution < -0.4 is 9.47 Å². The zero-order valence-corrected chi connectivity index (χ0v) is 24.9. The Hall–Kier alpha value is -4.38. The molecule has 220 valence electrons. The van der Waals surface area contributed by atoms with Crippen LogP contribution in [0.5, 0.6) is 11.5 Å². The zero-order valence-electron chi connectivity index (χ0n) is 24.0. The summed E-state index contributed by atoms with van der Waals surface area (Å²) in [5.41, 5.74) is 1.42. The lowest BCUT2D eigenvalue weighted by molar-refractivity contribution is 0.0270. The minimum Gasteiger partial charge on any atom is -0.496 e. The lowest BCUT2D eigenvalue weighted by atomic mass is 10.00. The predicted molar refractivity (Wildman–Crippen MR) is 158 cm³/mol. The van der Waals surface area contributed by atoms with Crippen molar-refractivity contribution in [1.29, 1.82) is 0 Å². The second kappa shape index (κ2) is 11.1. The minimum absolute atomic E-state index is 0.0815. The van der Waals surface area contributed by atoms with Crippen molar-refractivity contribution in [3.63, 3.8) is 0 Å². The van der Waals surface area contributed by atoms with Crippen molar-refractivity contribution in [3.05, 3.63) is 78.4 Å². The Labute approximate surface area is 244 Å². The van der Waals surface area contributed by atoms with Crippen LogP contribution in [0, 0.1) is 5.82 Å². The second-order valence-corrected chi connectivity index (χ2v) is 12.6. The van der Waals surface area contributed by atoms with E-state index in [1.54, 1.807) is 49.9 Å². The smallest absolute Gasteiger partial charge is 0.410 e. The molecular formula is C31H32FN3O6S. The number of pyridine rings is 1. The van der Waals surface area contributed by atoms with E-state index in [0.29, 0.717) is 52.2 Å². The summed E-state index contributed by atoms with van der Waals surface area (Å²) in [6.45, 7) is 5.97. The highest BCUT2D eigenvalue weighted by Crippen LogP contribution is 2.44. The summed E-state index contributed by atoms with van der Waals surface area (Å²) in [6.07, 6.45) is 3.16. The number of ether oxygens (including phenoxy) is 3. The molecule has 0 N–H and O–H groups in total. The monoisotopic (exact) mass is 593 g/mol. The van der Waals surface area contributed by atoms with E-state index >= 15 is 0 Å². The van der Waals surface area contributed by atoms with Gasteiger partial charge < -0.3 is 19.1 Å². The van der Waals surface area contributed by atoms with E-state index in [0.717, 1.165) is 0 Å². The normalized spacial score (nSPS) is 14.0. The van der Waals surface area contributed by atoms with Crippen LogP contribution in [0.2, 0.25) is 0 Å². The van der Waals surface area contributed by atoms with Crippen molar-refractivity contribution in [2.75, 3.05) is 27.3 Å². The number of carbonyl (C=O) groups is 1. The molecule has 2 aromatic heterocycles. The molecule has 0 radical (unpaired) electrons. The van der Waals surface area contributed by atoms with E-state index in [2.05, 4.69) is 4.98 Å². The number of aromatic nitrogens is 2. The summed E-state index contributed by atoms with van der Waals surface area (Å²) >= 11 is 0. The first-order chi connectivity index (χ1) is 19.9. The van der Waals surface area contributed by atoms with Crippen LogP contribution in [0.3, 0.4) is 0 Å². The molecule has 0 aliphatic carbocycles. The molecule has 4 aromatic rings. The van der Waals surface area contributed by atoms with E-state index in [1.807, 2.05) is 6.08 Å². The largest absolute Gasteiger partial charge is 0.496 e. The van der Waals surface area contributed by atoms with Crippen LogP contribution in [-0.2, 0) is 14.8 Å². The summed E-state index contributed by atoms with van der Waals surface area (Å²) in [5.74, 6) is 0.208. The molecule has 2 aromatic carbocycles. The van der Waals surface area contributed by atoms with Gasteiger partial charge in [0.05, 0.1) is 31.0 Å². The number of nitrogens with zero attached hydrogens (tertiary/aromatic N) is 3. The Morgan fingerprint density at radius 3 is 2.33 bits per heavy atom. The van der Waals surface area contributed by atoms with Crippen LogP contribution in [0.25, 0.3) is 27.7 Å². The van der Waals surface area contributed by atoms with Crippen molar-refractivity contribution in [3.8, 4) is 22.6 Å². The van der Waals surface area contributed by atoms with Gasteiger partial charge in [0, 0.05) is 29.6 Å². The molecule has 0 fully saturated rings. The molecule has 9 nitrogen and oxygen atoms in total. The topological polar surface area (TPSA) is 100.0 Å². The lowest BCUT2D eigenvalue weighted by Crippen LogP contribution is -2.39. The van der Waals surface area contributed by atoms with Crippen LogP contribution in [0.15, 0.2) is 71.8 Å². The number of rotatable bonds is 6. The van der Waals surface area contributed by atoms with Gasteiger partial charge in [-0.15, -0.1) is 0 Å². The lowest BCUT2D eigenvalue weighted by Gasteiger charge is -2.29. The van der Waals surface area contributed by atoms with E-state index in [1.165, 1.54) is 54.7 Å². The number of hydrogen-bond donors (Lipinski definition) is 0. The number of methoxy groups -OCH3 is 2. The number of hydrogen-bond acceptors (Lipinski definition) is 7. The second-order valence-electron chi connectivity index (χ2n) is 10.8. The summed E-state index contributed by atoms with van der Waals surface area (Å²) in [7, 11) is -1.20. The van der Waals surface area contributed by atoms with Crippen molar-refractivity contribution >= 4 is 32.7 Å². The van der Waals surface area contributed by atoms with Crippen LogP contribution in [0.1, 0.15) is 32.9 Å². The molecule has 0 spiro atoms. The Kier molecular flexibility index (Phi) is 7.72. The first kappa shape index (κ1) is 29.1. The fraction of sp³-hybridized carbons (Fsp3) is 0.290. The third-order valence-corrected chi connectivity index (χ3v) is 8.59. The van der Waals surface area contributed by atoms with Gasteiger partial charge in [0.1, 0.15) is 22.9 Å². The van der Waals surface area contributed by atoms with Gasteiger partial charge in [-0.2, -0.15) is 0 Å². The van der Waals surface area contributed by atoms with Crippen molar-refractivity contribution < 1.29 is 31.8 Å². The molecule has 0 bridgehead atoms. The first-order valence-electron chi connectivity index (χ1n) is 13.3. The fourth-order valence-corrected chi connectivity index (χ4v) is 6.49. The van der Waals surface area contributed by atoms with E-state index < -0.39 is 27.5 Å². The maximum absolute atomic E-state index is 14.5. The third kappa shape index (κ3) is 5.44. The maximum Gasteiger partial charge on any atom is 0.410 e. The molecule has 0 saturated heterocycles. The number of fused-ring (bicyclic) bond motifs is 1. The number of halogens is 1. The van der Waals surface area contributed by atoms with E-state index in [9.17, 15) is 17.6 Å². The summed E-state index contributed by atoms with van der Waals surface area (Å²) in [6, 6.07) is 13.9. The van der Waals surface area contributed by atoms with E-state index in [-0.39, 0.29) is 17.1 Å². The van der Waals surface area contributed by atoms with Gasteiger partial charge in [0.15, 0.2) is 5.65 Å². The molecular weight excluding hydrogens is 561 g/mol. The quantitative estimate of drug-likeness (QED) is 0.266. The highest BCUT2D eigenvalue weighted by Gasteiger charge is 2.31. The Morgan fingerprint density at radius 2 is 1.71 bits per heavy atom. The summed E-state index contributed by atoms with van der Waals surface area (Å²) in [5, 5.41) is 0.434. The van der Waals surface area contributed by atoms with E-state index in [4.69, 9.17) is 14.2 Å². The molecule has 3 heterocycles. The van der Waals surface area contributed by atoms with Gasteiger partial charge in [-0.05, 0) is 69.2 Å². The third-order valence-electron chi connectivity index (χ3n) is 6.87. The van der Waals surface area contributed by atoms with Gasteiger partial charge in [0.25, 0.3) is 10.0 Å².